The number of likely N-dealkylation sites (N-methyl/N-ethyl adjacent to an activating group) is 1. The van der Waals surface area contributed by atoms with E-state index in [1.54, 1.807) is 6.33 Å². The summed E-state index contributed by atoms with van der Waals surface area (Å²) in [7, 11) is 2.05. The molecule has 0 radical (unpaired) electrons. The zero-order chi connectivity index (χ0) is 13.7. The van der Waals surface area contributed by atoms with E-state index in [2.05, 4.69) is 28.8 Å². The van der Waals surface area contributed by atoms with Gasteiger partial charge in [-0.25, -0.2) is 9.97 Å². The number of nitrogens with zero attached hydrogens (tertiary/aromatic N) is 3. The van der Waals surface area contributed by atoms with Crippen molar-refractivity contribution in [2.75, 3.05) is 30.8 Å². The highest BCUT2D eigenvalue weighted by atomic mass is 16.5. The largest absolute Gasteiger partial charge is 0.383 e. The lowest BCUT2D eigenvalue weighted by Gasteiger charge is -2.29. The second-order valence-corrected chi connectivity index (χ2v) is 5.18. The van der Waals surface area contributed by atoms with E-state index in [1.807, 2.05) is 0 Å². The minimum absolute atomic E-state index is 0.310. The number of anilines is 2. The van der Waals surface area contributed by atoms with Crippen molar-refractivity contribution >= 4 is 11.6 Å². The van der Waals surface area contributed by atoms with Gasteiger partial charge in [0.25, 0.3) is 0 Å². The summed E-state index contributed by atoms with van der Waals surface area (Å²) in [4.78, 5) is 10.7. The highest BCUT2D eigenvalue weighted by Gasteiger charge is 2.19. The molecule has 2 rings (SSSR count). The normalized spacial score (nSPS) is 19.4. The van der Waals surface area contributed by atoms with Gasteiger partial charge in [-0.05, 0) is 25.7 Å². The maximum Gasteiger partial charge on any atom is 0.137 e. The summed E-state index contributed by atoms with van der Waals surface area (Å²) in [5, 5.41) is 0. The molecule has 0 aliphatic carbocycles. The predicted octanol–water partition coefficient (Wildman–Crippen LogP) is 2.02. The Morgan fingerprint density at radius 3 is 2.95 bits per heavy atom. The van der Waals surface area contributed by atoms with E-state index in [0.29, 0.717) is 11.9 Å². The van der Waals surface area contributed by atoms with Crippen LogP contribution in [0.4, 0.5) is 11.6 Å². The number of nitrogen functional groups attached to an aromatic ring is 1. The van der Waals surface area contributed by atoms with Gasteiger partial charge in [0.1, 0.15) is 18.0 Å². The predicted molar refractivity (Wildman–Crippen MR) is 77.3 cm³/mol. The number of nitrogens with two attached hydrogens (primary N) is 1. The number of hydrogen-bond acceptors (Lipinski definition) is 5. The van der Waals surface area contributed by atoms with Crippen molar-refractivity contribution < 1.29 is 4.74 Å². The molecule has 0 aromatic carbocycles. The number of hydrogen-bond donors (Lipinski definition) is 1. The summed E-state index contributed by atoms with van der Waals surface area (Å²) in [5.74, 6) is 1.55. The first-order valence-corrected chi connectivity index (χ1v) is 7.14. The van der Waals surface area contributed by atoms with E-state index in [1.165, 1.54) is 12.8 Å². The van der Waals surface area contributed by atoms with Crippen LogP contribution in [0.25, 0.3) is 0 Å². The number of ether oxygens (including phenoxy) is 1. The molecule has 1 unspecified atom stereocenters. The van der Waals surface area contributed by atoms with Crippen molar-refractivity contribution in [2.45, 2.75) is 45.1 Å². The molecule has 106 valence electrons. The van der Waals surface area contributed by atoms with E-state index < -0.39 is 0 Å². The molecule has 5 nitrogen and oxygen atoms in total. The zero-order valence-electron chi connectivity index (χ0n) is 11.9. The van der Waals surface area contributed by atoms with Crippen LogP contribution >= 0.6 is 0 Å². The van der Waals surface area contributed by atoms with Crippen LogP contribution in [0.15, 0.2) is 6.33 Å². The van der Waals surface area contributed by atoms with E-state index in [-0.39, 0.29) is 0 Å². The smallest absolute Gasteiger partial charge is 0.137 e. The summed E-state index contributed by atoms with van der Waals surface area (Å²) in [6, 6.07) is 0. The Balaban J connectivity index is 2.08. The van der Waals surface area contributed by atoms with Crippen molar-refractivity contribution in [3.05, 3.63) is 11.9 Å². The maximum atomic E-state index is 5.97. The molecule has 19 heavy (non-hydrogen) atoms. The van der Waals surface area contributed by atoms with Crippen LogP contribution in [0.5, 0.6) is 0 Å². The molecule has 1 fully saturated rings. The third kappa shape index (κ3) is 3.56. The van der Waals surface area contributed by atoms with Crippen LogP contribution in [0.2, 0.25) is 0 Å². The van der Waals surface area contributed by atoms with Gasteiger partial charge >= 0.3 is 0 Å². The summed E-state index contributed by atoms with van der Waals surface area (Å²) >= 11 is 0. The van der Waals surface area contributed by atoms with Gasteiger partial charge in [-0.1, -0.05) is 13.3 Å². The minimum Gasteiger partial charge on any atom is -0.383 e. The van der Waals surface area contributed by atoms with Crippen LogP contribution in [0.3, 0.4) is 0 Å². The Hall–Kier alpha value is -1.36. The standard InChI is InChI=1S/C14H24N4O/c1-3-6-12-13(15)16-10-17-14(12)18(2)9-11-7-4-5-8-19-11/h10-11H,3-9H2,1-2H3,(H2,15,16,17). The zero-order valence-corrected chi connectivity index (χ0v) is 11.9. The molecule has 0 saturated carbocycles. The molecule has 0 bridgehead atoms. The molecule has 1 aliphatic heterocycles. The SMILES string of the molecule is CCCc1c(N)ncnc1N(C)CC1CCCCO1. The van der Waals surface area contributed by atoms with E-state index in [4.69, 9.17) is 10.5 Å². The monoisotopic (exact) mass is 264 g/mol. The lowest BCUT2D eigenvalue weighted by Crippen LogP contribution is -2.34. The third-order valence-corrected chi connectivity index (χ3v) is 3.57. The molecule has 1 saturated heterocycles. The fraction of sp³-hybridized carbons (Fsp3) is 0.714. The molecule has 1 aliphatic rings. The fourth-order valence-electron chi connectivity index (χ4n) is 2.58. The Morgan fingerprint density at radius 1 is 1.42 bits per heavy atom. The minimum atomic E-state index is 0.310. The van der Waals surface area contributed by atoms with Crippen LogP contribution in [-0.2, 0) is 11.2 Å². The summed E-state index contributed by atoms with van der Waals surface area (Å²) in [5.41, 5.74) is 7.03. The summed E-state index contributed by atoms with van der Waals surface area (Å²) < 4.78 is 5.78. The molecule has 1 aromatic rings. The molecule has 2 heterocycles. The Morgan fingerprint density at radius 2 is 2.26 bits per heavy atom. The van der Waals surface area contributed by atoms with E-state index >= 15 is 0 Å². The first-order chi connectivity index (χ1) is 9.22. The van der Waals surface area contributed by atoms with Crippen LogP contribution < -0.4 is 10.6 Å². The lowest BCUT2D eigenvalue weighted by molar-refractivity contribution is 0.0215. The molecular formula is C14H24N4O. The Kier molecular flexibility index (Phi) is 4.96. The molecule has 1 aromatic heterocycles. The van der Waals surface area contributed by atoms with Gasteiger partial charge in [0, 0.05) is 25.8 Å². The lowest BCUT2D eigenvalue weighted by atomic mass is 10.1. The van der Waals surface area contributed by atoms with Crippen LogP contribution in [0.1, 0.15) is 38.2 Å². The number of rotatable bonds is 5. The summed E-state index contributed by atoms with van der Waals surface area (Å²) in [6.45, 7) is 3.89. The van der Waals surface area contributed by atoms with Crippen molar-refractivity contribution in [3.8, 4) is 0 Å². The molecule has 5 heteroatoms. The quantitative estimate of drug-likeness (QED) is 0.881. The van der Waals surface area contributed by atoms with Gasteiger partial charge in [0.05, 0.1) is 6.10 Å². The van der Waals surface area contributed by atoms with Crippen molar-refractivity contribution in [2.24, 2.45) is 0 Å². The van der Waals surface area contributed by atoms with E-state index in [9.17, 15) is 0 Å². The maximum absolute atomic E-state index is 5.97. The third-order valence-electron chi connectivity index (χ3n) is 3.57. The first kappa shape index (κ1) is 14.1. The van der Waals surface area contributed by atoms with Crippen LogP contribution in [-0.4, -0.2) is 36.3 Å². The Labute approximate surface area is 115 Å². The molecule has 0 amide bonds. The number of aromatic nitrogens is 2. The first-order valence-electron chi connectivity index (χ1n) is 7.14. The van der Waals surface area contributed by atoms with Gasteiger partial charge in [-0.3, -0.25) is 0 Å². The molecule has 1 atom stereocenters. The fourth-order valence-corrected chi connectivity index (χ4v) is 2.58. The van der Waals surface area contributed by atoms with Gasteiger partial charge in [-0.15, -0.1) is 0 Å². The van der Waals surface area contributed by atoms with E-state index in [0.717, 1.165) is 43.8 Å². The van der Waals surface area contributed by atoms with Crippen molar-refractivity contribution in [1.82, 2.24) is 9.97 Å². The highest BCUT2D eigenvalue weighted by Crippen LogP contribution is 2.23. The highest BCUT2D eigenvalue weighted by molar-refractivity contribution is 5.56. The second kappa shape index (κ2) is 6.70. The van der Waals surface area contributed by atoms with Gasteiger partial charge < -0.3 is 15.4 Å². The van der Waals surface area contributed by atoms with Crippen molar-refractivity contribution in [3.63, 3.8) is 0 Å². The molecule has 2 N–H and O–H groups in total. The van der Waals surface area contributed by atoms with Crippen LogP contribution in [0, 0.1) is 0 Å². The van der Waals surface area contributed by atoms with Gasteiger partial charge in [0.2, 0.25) is 0 Å². The Bertz CT molecular complexity index is 404. The summed E-state index contributed by atoms with van der Waals surface area (Å²) in [6.07, 6.45) is 7.38. The molecule has 0 spiro atoms. The van der Waals surface area contributed by atoms with Crippen molar-refractivity contribution in [1.29, 1.82) is 0 Å². The second-order valence-electron chi connectivity index (χ2n) is 5.18. The average molecular weight is 264 g/mol. The average Bonchev–Trinajstić information content (AvgIpc) is 2.42. The van der Waals surface area contributed by atoms with Gasteiger partial charge in [0.15, 0.2) is 0 Å². The van der Waals surface area contributed by atoms with Gasteiger partial charge in [-0.2, -0.15) is 0 Å². The molecular weight excluding hydrogens is 240 g/mol. The topological polar surface area (TPSA) is 64.3 Å².